The number of aliphatic carboxylic acids is 2. The Kier molecular flexibility index (Phi) is 10.8. The Labute approximate surface area is 144 Å². The Morgan fingerprint density at radius 1 is 1.00 bits per heavy atom. The molecule has 11 heteroatoms. The van der Waals surface area contributed by atoms with Gasteiger partial charge in [-0.3, -0.25) is 14.4 Å². The van der Waals surface area contributed by atoms with Crippen LogP contribution < -0.4 is 22.1 Å². The number of carboxylic acids is 2. The standard InChI is InChI=1S/C13H24N4O6S/c14-4-2-1-3-8(16-11(20)7(15)6-24)12(21)17-9(13(22)23)5-10(18)19/h7-9,24H,1-6,14-15H2,(H,16,20)(H,17,21)(H,18,19)(H,22,23). The van der Waals surface area contributed by atoms with Crippen LogP contribution in [0.5, 0.6) is 0 Å². The second kappa shape index (κ2) is 11.6. The highest BCUT2D eigenvalue weighted by Gasteiger charge is 2.28. The van der Waals surface area contributed by atoms with E-state index in [1.165, 1.54) is 0 Å². The number of nitrogens with one attached hydrogen (secondary N) is 2. The minimum absolute atomic E-state index is 0.0692. The molecule has 0 fully saturated rings. The summed E-state index contributed by atoms with van der Waals surface area (Å²) in [5, 5.41) is 22.2. The average Bonchev–Trinajstić information content (AvgIpc) is 2.51. The van der Waals surface area contributed by atoms with Crippen LogP contribution >= 0.6 is 12.6 Å². The van der Waals surface area contributed by atoms with Crippen molar-refractivity contribution in [3.05, 3.63) is 0 Å². The fraction of sp³-hybridized carbons (Fsp3) is 0.692. The summed E-state index contributed by atoms with van der Waals surface area (Å²) in [6.07, 6.45) is 0.561. The highest BCUT2D eigenvalue weighted by atomic mass is 32.1. The van der Waals surface area contributed by atoms with Gasteiger partial charge in [-0.25, -0.2) is 4.79 Å². The van der Waals surface area contributed by atoms with E-state index < -0.39 is 48.3 Å². The fourth-order valence-electron chi connectivity index (χ4n) is 1.77. The van der Waals surface area contributed by atoms with Gasteiger partial charge in [0.25, 0.3) is 0 Å². The Hall–Kier alpha value is -1.85. The maximum Gasteiger partial charge on any atom is 0.326 e. The van der Waals surface area contributed by atoms with E-state index in [9.17, 15) is 19.2 Å². The quantitative estimate of drug-likeness (QED) is 0.152. The molecule has 0 saturated heterocycles. The van der Waals surface area contributed by atoms with Crippen molar-refractivity contribution in [2.24, 2.45) is 11.5 Å². The van der Waals surface area contributed by atoms with Gasteiger partial charge in [0.1, 0.15) is 12.1 Å². The van der Waals surface area contributed by atoms with Gasteiger partial charge in [-0.15, -0.1) is 0 Å². The van der Waals surface area contributed by atoms with Gasteiger partial charge in [0.05, 0.1) is 12.5 Å². The number of amides is 2. The molecule has 0 bridgehead atoms. The summed E-state index contributed by atoms with van der Waals surface area (Å²) >= 11 is 3.89. The highest BCUT2D eigenvalue weighted by Crippen LogP contribution is 2.03. The molecule has 24 heavy (non-hydrogen) atoms. The number of hydrogen-bond acceptors (Lipinski definition) is 7. The zero-order chi connectivity index (χ0) is 18.7. The summed E-state index contributed by atoms with van der Waals surface area (Å²) in [4.78, 5) is 45.7. The first-order chi connectivity index (χ1) is 11.2. The summed E-state index contributed by atoms with van der Waals surface area (Å²) in [7, 11) is 0. The third-order valence-electron chi connectivity index (χ3n) is 3.11. The molecule has 0 aliphatic rings. The molecule has 138 valence electrons. The lowest BCUT2D eigenvalue weighted by atomic mass is 10.1. The van der Waals surface area contributed by atoms with Crippen molar-refractivity contribution in [1.29, 1.82) is 0 Å². The lowest BCUT2D eigenvalue weighted by Gasteiger charge is -2.22. The minimum atomic E-state index is -1.59. The smallest absolute Gasteiger partial charge is 0.326 e. The zero-order valence-corrected chi connectivity index (χ0v) is 14.0. The number of thiol groups is 1. The first-order valence-electron chi connectivity index (χ1n) is 7.34. The molecule has 0 rings (SSSR count). The molecule has 0 aromatic rings. The predicted octanol–water partition coefficient (Wildman–Crippen LogP) is -2.10. The van der Waals surface area contributed by atoms with Crippen LogP contribution in [0.25, 0.3) is 0 Å². The topological polar surface area (TPSA) is 185 Å². The van der Waals surface area contributed by atoms with Gasteiger partial charge in [-0.2, -0.15) is 12.6 Å². The third-order valence-corrected chi connectivity index (χ3v) is 3.50. The van der Waals surface area contributed by atoms with E-state index in [1.807, 2.05) is 0 Å². The van der Waals surface area contributed by atoms with Gasteiger partial charge in [0.2, 0.25) is 11.8 Å². The monoisotopic (exact) mass is 364 g/mol. The van der Waals surface area contributed by atoms with Crippen LogP contribution in [0.2, 0.25) is 0 Å². The highest BCUT2D eigenvalue weighted by molar-refractivity contribution is 7.80. The summed E-state index contributed by atoms with van der Waals surface area (Å²) in [5.41, 5.74) is 10.9. The van der Waals surface area contributed by atoms with Crippen LogP contribution in [0.4, 0.5) is 0 Å². The maximum atomic E-state index is 12.2. The van der Waals surface area contributed by atoms with Crippen LogP contribution in [0.1, 0.15) is 25.7 Å². The molecule has 0 aliphatic heterocycles. The van der Waals surface area contributed by atoms with Crippen LogP contribution in [-0.2, 0) is 19.2 Å². The Morgan fingerprint density at radius 3 is 2.04 bits per heavy atom. The van der Waals surface area contributed by atoms with Crippen LogP contribution in [-0.4, -0.2) is 64.4 Å². The van der Waals surface area contributed by atoms with Gasteiger partial charge >= 0.3 is 11.9 Å². The third kappa shape index (κ3) is 8.70. The largest absolute Gasteiger partial charge is 0.481 e. The number of nitrogens with two attached hydrogens (primary N) is 2. The summed E-state index contributed by atoms with van der Waals surface area (Å²) in [5.74, 6) is -4.18. The molecule has 10 nitrogen and oxygen atoms in total. The Bertz CT molecular complexity index is 462. The van der Waals surface area contributed by atoms with Crippen molar-refractivity contribution >= 4 is 36.4 Å². The lowest BCUT2D eigenvalue weighted by molar-refractivity contribution is -0.147. The Balaban J connectivity index is 4.95. The van der Waals surface area contributed by atoms with Crippen LogP contribution in [0, 0.1) is 0 Å². The van der Waals surface area contributed by atoms with Gasteiger partial charge < -0.3 is 32.3 Å². The Morgan fingerprint density at radius 2 is 1.58 bits per heavy atom. The minimum Gasteiger partial charge on any atom is -0.481 e. The first-order valence-corrected chi connectivity index (χ1v) is 7.98. The van der Waals surface area contributed by atoms with Crippen LogP contribution in [0.3, 0.4) is 0 Å². The number of carbonyl (C=O) groups is 4. The molecule has 0 heterocycles. The van der Waals surface area contributed by atoms with Crippen molar-refractivity contribution in [2.45, 2.75) is 43.8 Å². The summed E-state index contributed by atoms with van der Waals surface area (Å²) < 4.78 is 0. The van der Waals surface area contributed by atoms with E-state index in [0.717, 1.165) is 0 Å². The molecule has 2 amide bonds. The average molecular weight is 364 g/mol. The van der Waals surface area contributed by atoms with E-state index in [4.69, 9.17) is 21.7 Å². The van der Waals surface area contributed by atoms with Crippen LogP contribution in [0.15, 0.2) is 0 Å². The molecule has 3 atom stereocenters. The van der Waals surface area contributed by atoms with Crippen molar-refractivity contribution in [3.8, 4) is 0 Å². The molecule has 0 spiro atoms. The molecule has 0 radical (unpaired) electrons. The number of carbonyl (C=O) groups excluding carboxylic acids is 2. The molecule has 3 unspecified atom stereocenters. The van der Waals surface area contributed by atoms with Gasteiger partial charge in [0, 0.05) is 5.75 Å². The number of rotatable bonds is 12. The number of hydrogen-bond donors (Lipinski definition) is 7. The molecule has 0 aromatic heterocycles. The van der Waals surface area contributed by atoms with Crippen molar-refractivity contribution in [1.82, 2.24) is 10.6 Å². The normalized spacial score (nSPS) is 14.3. The molecule has 0 aromatic carbocycles. The second-order valence-electron chi connectivity index (χ2n) is 5.13. The van der Waals surface area contributed by atoms with Crippen molar-refractivity contribution in [3.63, 3.8) is 0 Å². The van der Waals surface area contributed by atoms with E-state index in [-0.39, 0.29) is 12.2 Å². The zero-order valence-electron chi connectivity index (χ0n) is 13.1. The summed E-state index contributed by atoms with van der Waals surface area (Å²) in [6.45, 7) is 0.398. The SMILES string of the molecule is NCCCCC(NC(=O)C(N)CS)C(=O)NC(CC(=O)O)C(=O)O. The first kappa shape index (κ1) is 22.1. The predicted molar refractivity (Wildman–Crippen MR) is 88.5 cm³/mol. The van der Waals surface area contributed by atoms with E-state index in [0.29, 0.717) is 19.4 Å². The maximum absolute atomic E-state index is 12.2. The molecule has 0 aliphatic carbocycles. The molecular formula is C13H24N4O6S. The number of unbranched alkanes of at least 4 members (excludes halogenated alkanes) is 1. The number of carboxylic acid groups (broad SMARTS) is 2. The molecule has 0 saturated carbocycles. The molecular weight excluding hydrogens is 340 g/mol. The van der Waals surface area contributed by atoms with Gasteiger partial charge in [-0.05, 0) is 25.8 Å². The van der Waals surface area contributed by atoms with E-state index >= 15 is 0 Å². The van der Waals surface area contributed by atoms with E-state index in [1.54, 1.807) is 0 Å². The van der Waals surface area contributed by atoms with Gasteiger partial charge in [0.15, 0.2) is 0 Å². The fourth-order valence-corrected chi connectivity index (χ4v) is 1.94. The molecule has 8 N–H and O–H groups in total. The van der Waals surface area contributed by atoms with Crippen molar-refractivity contribution < 1.29 is 29.4 Å². The lowest BCUT2D eigenvalue weighted by Crippen LogP contribution is -2.55. The second-order valence-corrected chi connectivity index (χ2v) is 5.50. The van der Waals surface area contributed by atoms with Crippen molar-refractivity contribution in [2.75, 3.05) is 12.3 Å². The van der Waals surface area contributed by atoms with E-state index in [2.05, 4.69) is 23.3 Å². The summed E-state index contributed by atoms with van der Waals surface area (Å²) in [6, 6.07) is -3.56. The van der Waals surface area contributed by atoms with Gasteiger partial charge in [-0.1, -0.05) is 0 Å².